The van der Waals surface area contributed by atoms with E-state index in [1.54, 1.807) is 19.1 Å². The molecule has 0 radical (unpaired) electrons. The molecule has 19 heavy (non-hydrogen) atoms. The van der Waals surface area contributed by atoms with E-state index in [1.165, 1.54) is 7.11 Å². The number of carbonyl (C=O) groups is 1. The van der Waals surface area contributed by atoms with E-state index in [9.17, 15) is 9.90 Å². The number of aromatic hydroxyl groups is 1. The Morgan fingerprint density at radius 1 is 1.42 bits per heavy atom. The molecule has 0 bridgehead atoms. The van der Waals surface area contributed by atoms with Crippen molar-refractivity contribution in [2.24, 2.45) is 0 Å². The molecule has 0 unspecified atom stereocenters. The smallest absolute Gasteiger partial charge is 0.219 e. The number of benzene rings is 1. The van der Waals surface area contributed by atoms with E-state index < -0.39 is 0 Å². The molecule has 2 N–H and O–H groups in total. The third-order valence-electron chi connectivity index (χ3n) is 3.49. The third-order valence-corrected chi connectivity index (χ3v) is 3.49. The van der Waals surface area contributed by atoms with Gasteiger partial charge in [-0.15, -0.1) is 0 Å². The van der Waals surface area contributed by atoms with Gasteiger partial charge in [-0.25, -0.2) is 0 Å². The van der Waals surface area contributed by atoms with Gasteiger partial charge in [0.25, 0.3) is 0 Å². The number of piperidine rings is 1. The zero-order valence-corrected chi connectivity index (χ0v) is 11.3. The molecule has 2 rings (SSSR count). The van der Waals surface area contributed by atoms with Crippen molar-refractivity contribution in [2.75, 3.05) is 25.5 Å². The molecule has 0 spiro atoms. The summed E-state index contributed by atoms with van der Waals surface area (Å²) >= 11 is 0. The van der Waals surface area contributed by atoms with Gasteiger partial charge in [-0.05, 0) is 25.0 Å². The summed E-state index contributed by atoms with van der Waals surface area (Å²) < 4.78 is 5.01. The molecule has 1 amide bonds. The van der Waals surface area contributed by atoms with Crippen molar-refractivity contribution in [1.82, 2.24) is 4.90 Å². The first-order valence-electron chi connectivity index (χ1n) is 6.49. The van der Waals surface area contributed by atoms with Crippen LogP contribution < -0.4 is 10.1 Å². The normalized spacial score (nSPS) is 16.2. The summed E-state index contributed by atoms with van der Waals surface area (Å²) in [6.45, 7) is 3.18. The van der Waals surface area contributed by atoms with Gasteiger partial charge >= 0.3 is 0 Å². The molecule has 1 aromatic carbocycles. The van der Waals surface area contributed by atoms with Gasteiger partial charge in [0.1, 0.15) is 0 Å². The number of likely N-dealkylation sites (tertiary alicyclic amines) is 1. The van der Waals surface area contributed by atoms with Gasteiger partial charge in [0, 0.05) is 37.8 Å². The Kier molecular flexibility index (Phi) is 4.14. The molecule has 1 aromatic rings. The lowest BCUT2D eigenvalue weighted by molar-refractivity contribution is -0.129. The summed E-state index contributed by atoms with van der Waals surface area (Å²) in [5.74, 6) is 0.742. The molecule has 1 fully saturated rings. The van der Waals surface area contributed by atoms with Crippen LogP contribution in [0.5, 0.6) is 11.5 Å². The second-order valence-corrected chi connectivity index (χ2v) is 4.81. The standard InChI is InChI=1S/C14H20N2O3/c1-10(17)16-7-5-11(6-8-16)15-12-3-4-14(19-2)13(18)9-12/h3-4,9,11,15,18H,5-8H2,1-2H3. The van der Waals surface area contributed by atoms with Gasteiger partial charge < -0.3 is 20.1 Å². The lowest BCUT2D eigenvalue weighted by Crippen LogP contribution is -2.41. The van der Waals surface area contributed by atoms with Gasteiger partial charge in [0.15, 0.2) is 11.5 Å². The second-order valence-electron chi connectivity index (χ2n) is 4.81. The monoisotopic (exact) mass is 264 g/mol. The van der Waals surface area contributed by atoms with Crippen LogP contribution in [0.2, 0.25) is 0 Å². The minimum atomic E-state index is 0.133. The van der Waals surface area contributed by atoms with Crippen LogP contribution in [0.25, 0.3) is 0 Å². The molecule has 5 nitrogen and oxygen atoms in total. The molecule has 5 heteroatoms. The number of rotatable bonds is 3. The Labute approximate surface area is 113 Å². The molecule has 0 saturated carbocycles. The summed E-state index contributed by atoms with van der Waals surface area (Å²) in [5.41, 5.74) is 0.875. The first-order valence-corrected chi connectivity index (χ1v) is 6.49. The van der Waals surface area contributed by atoms with Crippen molar-refractivity contribution in [3.05, 3.63) is 18.2 Å². The fourth-order valence-electron chi connectivity index (χ4n) is 2.35. The number of hydrogen-bond acceptors (Lipinski definition) is 4. The fourth-order valence-corrected chi connectivity index (χ4v) is 2.35. The van der Waals surface area contributed by atoms with E-state index in [0.29, 0.717) is 11.8 Å². The van der Waals surface area contributed by atoms with E-state index in [4.69, 9.17) is 4.74 Å². The van der Waals surface area contributed by atoms with E-state index in [2.05, 4.69) is 5.32 Å². The molecule has 1 saturated heterocycles. The van der Waals surface area contributed by atoms with E-state index in [1.807, 2.05) is 11.0 Å². The SMILES string of the molecule is COc1ccc(NC2CCN(C(C)=O)CC2)cc1O. The number of ether oxygens (including phenoxy) is 1. The van der Waals surface area contributed by atoms with Crippen LogP contribution in [0.4, 0.5) is 5.69 Å². The highest BCUT2D eigenvalue weighted by molar-refractivity contribution is 5.73. The molecule has 1 aliphatic rings. The highest BCUT2D eigenvalue weighted by Crippen LogP contribution is 2.29. The van der Waals surface area contributed by atoms with Crippen molar-refractivity contribution in [1.29, 1.82) is 0 Å². The van der Waals surface area contributed by atoms with Gasteiger partial charge in [0.2, 0.25) is 5.91 Å². The first kappa shape index (κ1) is 13.5. The Balaban J connectivity index is 1.92. The van der Waals surface area contributed by atoms with Crippen LogP contribution in [-0.2, 0) is 4.79 Å². The maximum Gasteiger partial charge on any atom is 0.219 e. The highest BCUT2D eigenvalue weighted by atomic mass is 16.5. The Bertz CT molecular complexity index is 454. The van der Waals surface area contributed by atoms with Crippen molar-refractivity contribution in [2.45, 2.75) is 25.8 Å². The summed E-state index contributed by atoms with van der Waals surface area (Å²) in [4.78, 5) is 13.1. The van der Waals surface area contributed by atoms with Crippen LogP contribution in [-0.4, -0.2) is 42.2 Å². The number of phenols is 1. The topological polar surface area (TPSA) is 61.8 Å². The van der Waals surface area contributed by atoms with Gasteiger partial charge in [-0.1, -0.05) is 0 Å². The van der Waals surface area contributed by atoms with Crippen molar-refractivity contribution in [3.63, 3.8) is 0 Å². The maximum atomic E-state index is 11.2. The number of nitrogens with zero attached hydrogens (tertiary/aromatic N) is 1. The number of anilines is 1. The fraction of sp³-hybridized carbons (Fsp3) is 0.500. The molecule has 1 heterocycles. The summed E-state index contributed by atoms with van der Waals surface area (Å²) in [7, 11) is 1.53. The van der Waals surface area contributed by atoms with E-state index in [0.717, 1.165) is 31.6 Å². The molecule has 104 valence electrons. The van der Waals surface area contributed by atoms with Crippen LogP contribution in [0, 0.1) is 0 Å². The number of nitrogens with one attached hydrogen (secondary N) is 1. The zero-order chi connectivity index (χ0) is 13.8. The average Bonchev–Trinajstić information content (AvgIpc) is 2.39. The maximum absolute atomic E-state index is 11.2. The van der Waals surface area contributed by atoms with Crippen LogP contribution >= 0.6 is 0 Å². The molecular weight excluding hydrogens is 244 g/mol. The molecule has 0 aromatic heterocycles. The summed E-state index contributed by atoms with van der Waals surface area (Å²) in [6.07, 6.45) is 1.85. The number of carbonyl (C=O) groups excluding carboxylic acids is 1. The third kappa shape index (κ3) is 3.30. The highest BCUT2D eigenvalue weighted by Gasteiger charge is 2.20. The Hall–Kier alpha value is -1.91. The van der Waals surface area contributed by atoms with Crippen LogP contribution in [0.15, 0.2) is 18.2 Å². The molecule has 0 aliphatic carbocycles. The number of amides is 1. The van der Waals surface area contributed by atoms with Crippen LogP contribution in [0.1, 0.15) is 19.8 Å². The number of phenolic OH excluding ortho intramolecular Hbond substituents is 1. The number of hydrogen-bond donors (Lipinski definition) is 2. The van der Waals surface area contributed by atoms with E-state index in [-0.39, 0.29) is 11.7 Å². The average molecular weight is 264 g/mol. The lowest BCUT2D eigenvalue weighted by Gasteiger charge is -2.32. The largest absolute Gasteiger partial charge is 0.504 e. The quantitative estimate of drug-likeness (QED) is 0.874. The Morgan fingerprint density at radius 2 is 2.11 bits per heavy atom. The lowest BCUT2D eigenvalue weighted by atomic mass is 10.0. The van der Waals surface area contributed by atoms with E-state index >= 15 is 0 Å². The van der Waals surface area contributed by atoms with Crippen molar-refractivity contribution >= 4 is 11.6 Å². The minimum absolute atomic E-state index is 0.133. The van der Waals surface area contributed by atoms with Crippen molar-refractivity contribution in [3.8, 4) is 11.5 Å². The van der Waals surface area contributed by atoms with Gasteiger partial charge in [-0.3, -0.25) is 4.79 Å². The van der Waals surface area contributed by atoms with Gasteiger partial charge in [-0.2, -0.15) is 0 Å². The molecule has 1 aliphatic heterocycles. The Morgan fingerprint density at radius 3 is 2.63 bits per heavy atom. The number of methoxy groups -OCH3 is 1. The zero-order valence-electron chi connectivity index (χ0n) is 11.3. The first-order chi connectivity index (χ1) is 9.10. The van der Waals surface area contributed by atoms with Crippen LogP contribution in [0.3, 0.4) is 0 Å². The predicted octanol–water partition coefficient (Wildman–Crippen LogP) is 1.82. The second kappa shape index (κ2) is 5.82. The molecular formula is C14H20N2O3. The summed E-state index contributed by atoms with van der Waals surface area (Å²) in [5, 5.41) is 13.1. The summed E-state index contributed by atoms with van der Waals surface area (Å²) in [6, 6.07) is 5.62. The molecule has 0 atom stereocenters. The minimum Gasteiger partial charge on any atom is -0.504 e. The predicted molar refractivity (Wildman–Crippen MR) is 73.6 cm³/mol. The van der Waals surface area contributed by atoms with Gasteiger partial charge in [0.05, 0.1) is 7.11 Å². The van der Waals surface area contributed by atoms with Crippen molar-refractivity contribution < 1.29 is 14.6 Å².